The highest BCUT2D eigenvalue weighted by atomic mass is 32.1. The molecule has 4 rings (SSSR count). The third-order valence-electron chi connectivity index (χ3n) is 5.89. The number of fused-ring (bicyclic) bond motifs is 1. The van der Waals surface area contributed by atoms with Gasteiger partial charge in [-0.15, -0.1) is 12.6 Å². The van der Waals surface area contributed by atoms with E-state index >= 15 is 0 Å². The zero-order valence-corrected chi connectivity index (χ0v) is 11.1. The van der Waals surface area contributed by atoms with E-state index in [9.17, 15) is 18.4 Å². The second-order valence-corrected chi connectivity index (χ2v) is 7.27. The van der Waals surface area contributed by atoms with Gasteiger partial charge in [-0.3, -0.25) is 9.59 Å². The minimum atomic E-state index is -3.29. The number of ketones is 1. The molecule has 4 fully saturated rings. The van der Waals surface area contributed by atoms with Gasteiger partial charge in [-0.25, -0.2) is 0 Å². The van der Waals surface area contributed by atoms with E-state index in [0.29, 0.717) is 12.3 Å². The molecule has 0 aromatic heterocycles. The van der Waals surface area contributed by atoms with Crippen LogP contribution in [-0.4, -0.2) is 23.6 Å². The molecular weight excluding hydrogens is 274 g/mol. The highest BCUT2D eigenvalue weighted by Crippen LogP contribution is 2.86. The Morgan fingerprint density at radius 1 is 1.47 bits per heavy atom. The van der Waals surface area contributed by atoms with Crippen LogP contribution in [0.4, 0.5) is 8.78 Å². The Labute approximate surface area is 114 Å². The molecule has 104 valence electrons. The normalized spacial score (nSPS) is 49.4. The second kappa shape index (κ2) is 3.15. The topological polar surface area (TPSA) is 43.4 Å². The van der Waals surface area contributed by atoms with Crippen molar-refractivity contribution in [3.8, 4) is 0 Å². The number of esters is 1. The number of halogens is 2. The van der Waals surface area contributed by atoms with Crippen molar-refractivity contribution in [2.75, 3.05) is 6.61 Å². The van der Waals surface area contributed by atoms with Crippen LogP contribution >= 0.6 is 12.6 Å². The van der Waals surface area contributed by atoms with Crippen LogP contribution < -0.4 is 0 Å². The van der Waals surface area contributed by atoms with E-state index in [1.54, 1.807) is 0 Å². The summed E-state index contributed by atoms with van der Waals surface area (Å²) in [6, 6.07) is 0. The molecule has 0 saturated heterocycles. The molecule has 4 aliphatic carbocycles. The summed E-state index contributed by atoms with van der Waals surface area (Å²) < 4.78 is 30.1. The number of hydrogen-bond donors (Lipinski definition) is 1. The SMILES string of the molecule is O=C1C2CC3C1CC1(C(=O)OCC(F)(F)S)CC31C2. The molecule has 0 N–H and O–H groups in total. The Bertz CT molecular complexity index is 503. The minimum absolute atomic E-state index is 0.0171. The summed E-state index contributed by atoms with van der Waals surface area (Å²) in [4.78, 5) is 24.1. The first-order valence-corrected chi connectivity index (χ1v) is 7.05. The molecule has 0 heterocycles. The van der Waals surface area contributed by atoms with Gasteiger partial charge in [0.05, 0.1) is 5.41 Å². The lowest BCUT2D eigenvalue weighted by molar-refractivity contribution is -0.156. The van der Waals surface area contributed by atoms with E-state index in [1.807, 2.05) is 0 Å². The van der Waals surface area contributed by atoms with Gasteiger partial charge in [-0.2, -0.15) is 8.78 Å². The molecule has 4 aliphatic rings. The lowest BCUT2D eigenvalue weighted by Crippen LogP contribution is -2.27. The second-order valence-electron chi connectivity index (χ2n) is 6.61. The Morgan fingerprint density at radius 2 is 2.21 bits per heavy atom. The molecule has 0 aromatic rings. The lowest BCUT2D eigenvalue weighted by atomic mass is 9.82. The van der Waals surface area contributed by atoms with Crippen molar-refractivity contribution >= 4 is 24.4 Å². The maximum Gasteiger partial charge on any atom is 0.324 e. The van der Waals surface area contributed by atoms with Crippen molar-refractivity contribution in [2.24, 2.45) is 28.6 Å². The van der Waals surface area contributed by atoms with Crippen LogP contribution in [0.15, 0.2) is 0 Å². The van der Waals surface area contributed by atoms with Gasteiger partial charge < -0.3 is 4.74 Å². The van der Waals surface area contributed by atoms with Gasteiger partial charge in [0.15, 0.2) is 6.61 Å². The minimum Gasteiger partial charge on any atom is -0.458 e. The molecule has 1 spiro atoms. The van der Waals surface area contributed by atoms with Gasteiger partial charge >= 0.3 is 11.2 Å². The highest BCUT2D eigenvalue weighted by molar-refractivity contribution is 7.81. The van der Waals surface area contributed by atoms with E-state index in [1.165, 1.54) is 0 Å². The van der Waals surface area contributed by atoms with Crippen LogP contribution in [0.2, 0.25) is 0 Å². The van der Waals surface area contributed by atoms with Gasteiger partial charge in [0.2, 0.25) is 0 Å². The number of Topliss-reactive ketones (excluding diaryl/α,β-unsaturated/α-hetero) is 1. The first kappa shape index (κ1) is 12.1. The predicted octanol–water partition coefficient (Wildman–Crippen LogP) is 2.06. The summed E-state index contributed by atoms with van der Waals surface area (Å²) in [5.41, 5.74) is -0.735. The number of ether oxygens (including phenoxy) is 1. The summed E-state index contributed by atoms with van der Waals surface area (Å²) in [7, 11) is 0. The molecule has 19 heavy (non-hydrogen) atoms. The molecule has 0 amide bonds. The van der Waals surface area contributed by atoms with Crippen LogP contribution in [0.1, 0.15) is 25.7 Å². The van der Waals surface area contributed by atoms with Gasteiger partial charge in [0.25, 0.3) is 0 Å². The van der Waals surface area contributed by atoms with Crippen molar-refractivity contribution < 1.29 is 23.1 Å². The van der Waals surface area contributed by atoms with Crippen LogP contribution in [0, 0.1) is 28.6 Å². The molecule has 4 saturated carbocycles. The monoisotopic (exact) mass is 288 g/mol. The zero-order valence-electron chi connectivity index (χ0n) is 10.2. The van der Waals surface area contributed by atoms with E-state index < -0.39 is 23.2 Å². The fourth-order valence-electron chi connectivity index (χ4n) is 5.26. The van der Waals surface area contributed by atoms with Crippen molar-refractivity contribution in [2.45, 2.75) is 30.9 Å². The number of rotatable bonds is 3. The largest absolute Gasteiger partial charge is 0.458 e. The number of alkyl halides is 2. The van der Waals surface area contributed by atoms with E-state index in [0.717, 1.165) is 19.3 Å². The standard InChI is InChI=1S/C13H14F2O3S/c14-13(15,19)5-18-10(17)12-3-7-8-1-6(9(7)16)2-11(8,12)4-12/h6-8,19H,1-5H2. The van der Waals surface area contributed by atoms with E-state index in [2.05, 4.69) is 12.6 Å². The Kier molecular flexibility index (Phi) is 2.01. The van der Waals surface area contributed by atoms with Crippen molar-refractivity contribution in [3.05, 3.63) is 0 Å². The molecule has 2 bridgehead atoms. The molecular formula is C13H14F2O3S. The van der Waals surface area contributed by atoms with Gasteiger partial charge in [-0.05, 0) is 37.0 Å². The lowest BCUT2D eigenvalue weighted by Gasteiger charge is -2.21. The quantitative estimate of drug-likeness (QED) is 0.638. The average molecular weight is 288 g/mol. The molecule has 0 aromatic carbocycles. The molecule has 5 unspecified atom stereocenters. The molecule has 5 atom stereocenters. The summed E-state index contributed by atoms with van der Waals surface area (Å²) in [6.45, 7) is -0.987. The van der Waals surface area contributed by atoms with Gasteiger partial charge in [0, 0.05) is 11.8 Å². The third kappa shape index (κ3) is 1.29. The molecule has 0 radical (unpaired) electrons. The van der Waals surface area contributed by atoms with Crippen LogP contribution in [0.3, 0.4) is 0 Å². The summed E-state index contributed by atoms with van der Waals surface area (Å²) >= 11 is 3.06. The number of thiol groups is 1. The third-order valence-corrected chi connectivity index (χ3v) is 6.02. The van der Waals surface area contributed by atoms with E-state index in [-0.39, 0.29) is 23.0 Å². The van der Waals surface area contributed by atoms with Gasteiger partial charge in [0.1, 0.15) is 5.78 Å². The van der Waals surface area contributed by atoms with Gasteiger partial charge in [-0.1, -0.05) is 0 Å². The van der Waals surface area contributed by atoms with E-state index in [4.69, 9.17) is 4.74 Å². The number of carbonyl (C=O) groups is 2. The zero-order chi connectivity index (χ0) is 13.6. The highest BCUT2D eigenvalue weighted by Gasteiger charge is 2.86. The van der Waals surface area contributed by atoms with Crippen molar-refractivity contribution in [1.29, 1.82) is 0 Å². The Hall–Kier alpha value is -0.650. The fraction of sp³-hybridized carbons (Fsp3) is 0.846. The first-order chi connectivity index (χ1) is 8.79. The Morgan fingerprint density at radius 3 is 2.79 bits per heavy atom. The van der Waals surface area contributed by atoms with Crippen molar-refractivity contribution in [3.63, 3.8) is 0 Å². The summed E-state index contributed by atoms with van der Waals surface area (Å²) in [6.07, 6.45) is 2.90. The van der Waals surface area contributed by atoms with Crippen LogP contribution in [0.5, 0.6) is 0 Å². The predicted molar refractivity (Wildman–Crippen MR) is 63.7 cm³/mol. The first-order valence-electron chi connectivity index (χ1n) is 6.60. The Balaban J connectivity index is 1.55. The van der Waals surface area contributed by atoms with Crippen LogP contribution in [0.25, 0.3) is 0 Å². The van der Waals surface area contributed by atoms with Crippen molar-refractivity contribution in [1.82, 2.24) is 0 Å². The number of carbonyl (C=O) groups excluding carboxylic acids is 2. The fourth-order valence-corrected chi connectivity index (χ4v) is 5.33. The average Bonchev–Trinajstić information content (AvgIpc) is 2.58. The smallest absolute Gasteiger partial charge is 0.324 e. The number of hydrogen-bond acceptors (Lipinski definition) is 4. The molecule has 6 heteroatoms. The molecule has 3 nitrogen and oxygen atoms in total. The summed E-state index contributed by atoms with van der Waals surface area (Å²) in [5.74, 6) is 0.141. The maximum atomic E-state index is 12.7. The maximum absolute atomic E-state index is 12.7. The molecule has 0 aliphatic heterocycles. The van der Waals surface area contributed by atoms with Crippen LogP contribution in [-0.2, 0) is 14.3 Å². The summed E-state index contributed by atoms with van der Waals surface area (Å²) in [5, 5.41) is -3.29.